The van der Waals surface area contributed by atoms with Crippen molar-refractivity contribution in [1.29, 1.82) is 5.26 Å². The Labute approximate surface area is 169 Å². The van der Waals surface area contributed by atoms with E-state index in [9.17, 15) is 10.1 Å². The van der Waals surface area contributed by atoms with Gasteiger partial charge in [-0.2, -0.15) is 5.26 Å². The van der Waals surface area contributed by atoms with E-state index in [2.05, 4.69) is 6.07 Å². The number of methoxy groups -OCH3 is 4. The van der Waals surface area contributed by atoms with Gasteiger partial charge in [0.25, 0.3) is 0 Å². The number of cyclic esters (lactones) is 1. The van der Waals surface area contributed by atoms with Gasteiger partial charge in [-0.05, 0) is 36.8 Å². The monoisotopic (exact) mass is 397 g/mol. The Kier molecular flexibility index (Phi) is 5.29. The summed E-state index contributed by atoms with van der Waals surface area (Å²) in [5.74, 6) is 1.35. The van der Waals surface area contributed by atoms with E-state index in [1.165, 1.54) is 21.3 Å². The highest BCUT2D eigenvalue weighted by atomic mass is 16.6. The number of carbonyl (C=O) groups is 1. The van der Waals surface area contributed by atoms with Gasteiger partial charge in [0.05, 0.1) is 40.3 Å². The smallest absolute Gasteiger partial charge is 0.308 e. The summed E-state index contributed by atoms with van der Waals surface area (Å²) >= 11 is 0. The molecule has 2 atom stereocenters. The molecule has 0 aliphatic carbocycles. The first-order valence-electron chi connectivity index (χ1n) is 8.97. The van der Waals surface area contributed by atoms with Crippen LogP contribution in [0.15, 0.2) is 36.4 Å². The first-order chi connectivity index (χ1) is 13.9. The molecule has 0 saturated carbocycles. The van der Waals surface area contributed by atoms with Crippen molar-refractivity contribution in [3.05, 3.63) is 47.5 Å². The normalized spacial score (nSPS) is 23.1. The van der Waals surface area contributed by atoms with Crippen LogP contribution >= 0.6 is 0 Å². The predicted octanol–water partition coefficient (Wildman–Crippen LogP) is 3.34. The Hall–Kier alpha value is -3.40. The zero-order chi connectivity index (χ0) is 21.2. The number of carbonyl (C=O) groups excluding carboxylic acids is 1. The van der Waals surface area contributed by atoms with Crippen LogP contribution in [0.3, 0.4) is 0 Å². The van der Waals surface area contributed by atoms with E-state index >= 15 is 0 Å². The second-order valence-electron chi connectivity index (χ2n) is 6.92. The zero-order valence-corrected chi connectivity index (χ0v) is 17.1. The van der Waals surface area contributed by atoms with Crippen molar-refractivity contribution in [2.45, 2.75) is 24.4 Å². The Morgan fingerprint density at radius 3 is 1.97 bits per heavy atom. The minimum absolute atomic E-state index is 0.0452. The van der Waals surface area contributed by atoms with Crippen molar-refractivity contribution in [2.75, 3.05) is 28.4 Å². The van der Waals surface area contributed by atoms with Gasteiger partial charge >= 0.3 is 5.97 Å². The molecule has 0 bridgehead atoms. The van der Waals surface area contributed by atoms with Gasteiger partial charge in [0, 0.05) is 5.56 Å². The number of nitrogens with zero attached hydrogens (tertiary/aromatic N) is 1. The number of hydrogen-bond acceptors (Lipinski definition) is 7. The summed E-state index contributed by atoms with van der Waals surface area (Å²) in [4.78, 5) is 12.4. The lowest BCUT2D eigenvalue weighted by Gasteiger charge is -2.36. The third-order valence-corrected chi connectivity index (χ3v) is 5.50. The Morgan fingerprint density at radius 2 is 1.52 bits per heavy atom. The molecule has 0 spiro atoms. The van der Waals surface area contributed by atoms with E-state index in [1.807, 2.05) is 19.1 Å². The molecule has 152 valence electrons. The lowest BCUT2D eigenvalue weighted by Crippen LogP contribution is -2.43. The predicted molar refractivity (Wildman–Crippen MR) is 104 cm³/mol. The van der Waals surface area contributed by atoms with E-state index in [4.69, 9.17) is 23.7 Å². The molecule has 1 aliphatic rings. The number of hydrogen-bond donors (Lipinski definition) is 0. The highest BCUT2D eigenvalue weighted by Gasteiger charge is 2.61. The van der Waals surface area contributed by atoms with Crippen molar-refractivity contribution < 1.29 is 28.5 Å². The Balaban J connectivity index is 2.25. The molecule has 0 radical (unpaired) electrons. The molecule has 1 saturated heterocycles. The van der Waals surface area contributed by atoms with Gasteiger partial charge in [0.2, 0.25) is 11.4 Å². The van der Waals surface area contributed by atoms with Crippen LogP contribution in [0.5, 0.6) is 23.0 Å². The standard InChI is InChI=1S/C22H23NO6/c1-21(14-6-8-16(25-2)9-7-14)12-19(24)29-22(21,13-23)15-10-17(26-3)20(28-5)18(11-15)27-4/h6-11H,12H2,1-5H3/t21?,22-/m0/s1. The first-order valence-corrected chi connectivity index (χ1v) is 8.97. The van der Waals surface area contributed by atoms with Crippen molar-refractivity contribution in [3.8, 4) is 29.1 Å². The summed E-state index contributed by atoms with van der Waals surface area (Å²) in [7, 11) is 6.05. The van der Waals surface area contributed by atoms with Crippen LogP contribution in [-0.2, 0) is 20.5 Å². The summed E-state index contributed by atoms with van der Waals surface area (Å²) in [6.07, 6.45) is 0.0452. The molecule has 0 N–H and O–H groups in total. The fraction of sp³-hybridized carbons (Fsp3) is 0.364. The molecule has 2 aromatic carbocycles. The van der Waals surface area contributed by atoms with Crippen LogP contribution in [0.25, 0.3) is 0 Å². The van der Waals surface area contributed by atoms with Gasteiger partial charge in [-0.15, -0.1) is 0 Å². The third kappa shape index (κ3) is 3.01. The molecular formula is C22H23NO6. The molecule has 0 aromatic heterocycles. The summed E-state index contributed by atoms with van der Waals surface area (Å²) in [5.41, 5.74) is -1.31. The van der Waals surface area contributed by atoms with Crippen LogP contribution in [0.4, 0.5) is 0 Å². The quantitative estimate of drug-likeness (QED) is 0.691. The van der Waals surface area contributed by atoms with Gasteiger partial charge in [-0.25, -0.2) is 0 Å². The minimum atomic E-state index is -1.58. The molecule has 29 heavy (non-hydrogen) atoms. The highest BCUT2D eigenvalue weighted by Crippen LogP contribution is 2.54. The zero-order valence-electron chi connectivity index (χ0n) is 17.1. The summed E-state index contributed by atoms with van der Waals surface area (Å²) < 4.78 is 27.2. The van der Waals surface area contributed by atoms with Gasteiger partial charge in [0.1, 0.15) is 11.8 Å². The third-order valence-electron chi connectivity index (χ3n) is 5.50. The van der Waals surface area contributed by atoms with Crippen molar-refractivity contribution in [2.24, 2.45) is 0 Å². The van der Waals surface area contributed by atoms with Gasteiger partial charge < -0.3 is 23.7 Å². The van der Waals surface area contributed by atoms with Gasteiger partial charge in [0.15, 0.2) is 11.5 Å². The van der Waals surface area contributed by atoms with Gasteiger partial charge in [-0.3, -0.25) is 4.79 Å². The van der Waals surface area contributed by atoms with E-state index in [1.54, 1.807) is 31.4 Å². The van der Waals surface area contributed by atoms with Crippen molar-refractivity contribution >= 4 is 5.97 Å². The second kappa shape index (κ2) is 7.55. The van der Waals surface area contributed by atoms with Crippen molar-refractivity contribution in [1.82, 2.24) is 0 Å². The van der Waals surface area contributed by atoms with E-state index in [-0.39, 0.29) is 6.42 Å². The minimum Gasteiger partial charge on any atom is -0.497 e. The van der Waals surface area contributed by atoms with Gasteiger partial charge in [-0.1, -0.05) is 12.1 Å². The van der Waals surface area contributed by atoms with E-state index in [0.29, 0.717) is 28.6 Å². The lowest BCUT2D eigenvalue weighted by atomic mass is 9.66. The molecule has 3 rings (SSSR count). The molecule has 1 heterocycles. The molecule has 7 nitrogen and oxygen atoms in total. The number of ether oxygens (including phenoxy) is 5. The number of rotatable bonds is 6. The number of nitriles is 1. The maximum Gasteiger partial charge on any atom is 0.308 e. The molecule has 2 aromatic rings. The fourth-order valence-electron chi connectivity index (χ4n) is 3.87. The molecule has 1 fully saturated rings. The number of esters is 1. The van der Waals surface area contributed by atoms with Crippen LogP contribution in [0.2, 0.25) is 0 Å². The Bertz CT molecular complexity index is 939. The maximum atomic E-state index is 12.4. The summed E-state index contributed by atoms with van der Waals surface area (Å²) in [6.45, 7) is 1.84. The molecular weight excluding hydrogens is 374 g/mol. The van der Waals surface area contributed by atoms with Crippen LogP contribution in [0, 0.1) is 11.3 Å². The molecule has 1 unspecified atom stereocenters. The van der Waals surface area contributed by atoms with Crippen LogP contribution in [0.1, 0.15) is 24.5 Å². The van der Waals surface area contributed by atoms with Crippen LogP contribution < -0.4 is 18.9 Å². The summed E-state index contributed by atoms with van der Waals surface area (Å²) in [6, 6.07) is 12.8. The average molecular weight is 397 g/mol. The SMILES string of the molecule is COc1ccc(C2(C)CC(=O)O[C@@]2(C#N)c2cc(OC)c(OC)c(OC)c2)cc1. The van der Waals surface area contributed by atoms with E-state index < -0.39 is 17.0 Å². The van der Waals surface area contributed by atoms with Crippen molar-refractivity contribution in [3.63, 3.8) is 0 Å². The maximum absolute atomic E-state index is 12.4. The lowest BCUT2D eigenvalue weighted by molar-refractivity contribution is -0.146. The number of benzene rings is 2. The van der Waals surface area contributed by atoms with Crippen LogP contribution in [-0.4, -0.2) is 34.4 Å². The molecule has 0 amide bonds. The second-order valence-corrected chi connectivity index (χ2v) is 6.92. The summed E-state index contributed by atoms with van der Waals surface area (Å²) in [5, 5.41) is 10.3. The highest BCUT2D eigenvalue weighted by molar-refractivity contribution is 5.78. The first kappa shape index (κ1) is 20.3. The average Bonchev–Trinajstić information content (AvgIpc) is 3.03. The molecule has 1 aliphatic heterocycles. The Morgan fingerprint density at radius 1 is 0.931 bits per heavy atom. The van der Waals surface area contributed by atoms with E-state index in [0.717, 1.165) is 5.56 Å². The largest absolute Gasteiger partial charge is 0.497 e. The topological polar surface area (TPSA) is 87.0 Å². The fourth-order valence-corrected chi connectivity index (χ4v) is 3.87. The molecule has 7 heteroatoms.